The van der Waals surface area contributed by atoms with Crippen molar-refractivity contribution in [3.63, 3.8) is 0 Å². The van der Waals surface area contributed by atoms with Gasteiger partial charge in [-0.3, -0.25) is 9.59 Å². The Hall–Kier alpha value is -1.34. The van der Waals surface area contributed by atoms with E-state index < -0.39 is 29.4 Å². The van der Waals surface area contributed by atoms with E-state index in [0.29, 0.717) is 0 Å². The van der Waals surface area contributed by atoms with Crippen LogP contribution in [0.5, 0.6) is 0 Å². The van der Waals surface area contributed by atoms with E-state index in [2.05, 4.69) is 15.5 Å². The molecule has 0 aromatic rings. The Morgan fingerprint density at radius 2 is 2.08 bits per heavy atom. The van der Waals surface area contributed by atoms with Crippen molar-refractivity contribution >= 4 is 23.6 Å². The first-order valence-electron chi connectivity index (χ1n) is 7.57. The maximum absolute atomic E-state index is 12.0. The van der Waals surface area contributed by atoms with Crippen molar-refractivity contribution in [1.29, 1.82) is 0 Å². The molecule has 3 fully saturated rings. The molecule has 3 aliphatic rings. The fourth-order valence-electron chi connectivity index (χ4n) is 2.98. The Labute approximate surface area is 153 Å². The maximum atomic E-state index is 12.0. The van der Waals surface area contributed by atoms with Gasteiger partial charge in [-0.15, -0.1) is 10.1 Å². The average molecular weight is 399 g/mol. The van der Waals surface area contributed by atoms with Crippen molar-refractivity contribution in [3.05, 3.63) is 10.1 Å². The number of carbonyl (C=O) groups excluding carboxylic acids is 2. The van der Waals surface area contributed by atoms with Crippen LogP contribution in [-0.4, -0.2) is 78.7 Å². The normalized spacial score (nSPS) is 33.2. The molecule has 3 aliphatic heterocycles. The van der Waals surface area contributed by atoms with Crippen LogP contribution in [0.4, 0.5) is 0 Å². The highest BCUT2D eigenvalue weighted by Crippen LogP contribution is 2.28. The predicted octanol–water partition coefficient (Wildman–Crippen LogP) is -6.40. The lowest BCUT2D eigenvalue weighted by atomic mass is 10.1. The molecular weight excluding hydrogens is 380 g/mol. The van der Waals surface area contributed by atoms with Gasteiger partial charge in [0.1, 0.15) is 18.1 Å². The summed E-state index contributed by atoms with van der Waals surface area (Å²) in [6.07, 6.45) is -1.86. The first-order chi connectivity index (χ1) is 11.5. The quantitative estimate of drug-likeness (QED) is 0.296. The van der Waals surface area contributed by atoms with Crippen LogP contribution >= 0.6 is 11.8 Å². The Balaban J connectivity index is 0.00000225. The highest BCUT2D eigenvalue weighted by Gasteiger charge is 2.49. The third-order valence-electron chi connectivity index (χ3n) is 4.13. The molecule has 0 radical (unpaired) electrons. The van der Waals surface area contributed by atoms with E-state index in [1.807, 2.05) is 5.32 Å². The van der Waals surface area contributed by atoms with Crippen LogP contribution in [0.3, 0.4) is 0 Å². The summed E-state index contributed by atoms with van der Waals surface area (Å²) in [6.45, 7) is 0.0881. The van der Waals surface area contributed by atoms with Crippen molar-refractivity contribution in [2.24, 2.45) is 0 Å². The molecule has 0 aliphatic carbocycles. The minimum absolute atomic E-state index is 0. The molecule has 13 heteroatoms. The molecule has 3 saturated heterocycles. The minimum atomic E-state index is -0.875. The maximum Gasteiger partial charge on any atom is 0.294 e. The molecule has 11 nitrogen and oxygen atoms in total. The van der Waals surface area contributed by atoms with Crippen molar-refractivity contribution in [2.75, 3.05) is 31.4 Å². The Morgan fingerprint density at radius 3 is 2.76 bits per heavy atom. The van der Waals surface area contributed by atoms with Crippen LogP contribution in [0.25, 0.3) is 0 Å². The number of hydrogen-bond acceptors (Lipinski definition) is 8. The number of nitrogens with zero attached hydrogens (tertiary/aromatic N) is 1. The summed E-state index contributed by atoms with van der Waals surface area (Å²) < 4.78 is 10.9. The number of amides is 2. The molecule has 0 saturated carbocycles. The molecule has 142 valence electrons. The molecule has 0 aromatic heterocycles. The molecule has 25 heavy (non-hydrogen) atoms. The molecule has 5 atom stereocenters. The van der Waals surface area contributed by atoms with Crippen molar-refractivity contribution in [2.45, 2.75) is 30.4 Å². The number of ether oxygens (including phenoxy) is 2. The Morgan fingerprint density at radius 1 is 1.32 bits per heavy atom. The smallest absolute Gasteiger partial charge is 0.294 e. The van der Waals surface area contributed by atoms with Gasteiger partial charge in [0.05, 0.1) is 31.6 Å². The Kier molecular flexibility index (Phi) is 7.07. The zero-order valence-corrected chi connectivity index (χ0v) is 14.7. The van der Waals surface area contributed by atoms with E-state index in [9.17, 15) is 19.7 Å². The van der Waals surface area contributed by atoms with Gasteiger partial charge in [0.25, 0.3) is 11.0 Å². The van der Waals surface area contributed by atoms with Crippen LogP contribution in [0, 0.1) is 10.1 Å². The fraction of sp³-hybridized carbons (Fsp3) is 0.833. The van der Waals surface area contributed by atoms with E-state index in [4.69, 9.17) is 9.47 Å². The van der Waals surface area contributed by atoms with Gasteiger partial charge in [0, 0.05) is 0 Å². The number of fused-ring (bicyclic) bond motifs is 1. The van der Waals surface area contributed by atoms with Gasteiger partial charge in [-0.1, -0.05) is 11.8 Å². The van der Waals surface area contributed by atoms with Crippen LogP contribution < -0.4 is 28.4 Å². The van der Waals surface area contributed by atoms with Crippen LogP contribution in [0.2, 0.25) is 0 Å². The van der Waals surface area contributed by atoms with Crippen LogP contribution in [0.1, 0.15) is 0 Å². The molecule has 2 amide bonds. The fourth-order valence-corrected chi connectivity index (χ4v) is 4.02. The molecule has 0 unspecified atom stereocenters. The lowest BCUT2D eigenvalue weighted by molar-refractivity contribution is -0.769. The predicted molar refractivity (Wildman–Crippen MR) is 79.3 cm³/mol. The van der Waals surface area contributed by atoms with Gasteiger partial charge in [0.2, 0.25) is 5.91 Å². The molecule has 4 N–H and O–H groups in total. The largest absolute Gasteiger partial charge is 1.00 e. The van der Waals surface area contributed by atoms with Gasteiger partial charge in [0.15, 0.2) is 12.1 Å². The number of rotatable bonds is 6. The molecule has 0 bridgehead atoms. The molecule has 0 spiro atoms. The van der Waals surface area contributed by atoms with Gasteiger partial charge in [-0.2, -0.15) is 0 Å². The Bertz CT molecular complexity index is 522. The van der Waals surface area contributed by atoms with Crippen LogP contribution in [-0.2, 0) is 23.9 Å². The number of quaternary nitrogens is 1. The average Bonchev–Trinajstić information content (AvgIpc) is 3.25. The second kappa shape index (κ2) is 8.85. The second-order valence-electron chi connectivity index (χ2n) is 5.73. The molecule has 0 aromatic carbocycles. The highest BCUT2D eigenvalue weighted by molar-refractivity contribution is 7.99. The lowest BCUT2D eigenvalue weighted by Gasteiger charge is -2.17. The monoisotopic (exact) mass is 398 g/mol. The third-order valence-corrected chi connectivity index (χ3v) is 5.15. The summed E-state index contributed by atoms with van der Waals surface area (Å²) in [5.41, 5.74) is 0. The zero-order valence-electron chi connectivity index (χ0n) is 13.1. The molecule has 3 heterocycles. The van der Waals surface area contributed by atoms with Crippen molar-refractivity contribution in [1.82, 2.24) is 10.6 Å². The summed E-state index contributed by atoms with van der Waals surface area (Å²) in [5, 5.41) is 16.8. The standard InChI is InChI=1S/C12H18N4O7S.ClH/c17-9(1-13-12(18)7-4-24-5-14-7)15-6-2-21-11-8(23-16(19)20)3-22-10(6)11;/h6-8,10-11,14H,1-5H2,(H,13,18)(H,15,17);1H/t6-,7-,8+,10+,11+;/m0./s1. The van der Waals surface area contributed by atoms with Gasteiger partial charge < -0.3 is 42.7 Å². The number of carbonyl (C=O) groups is 2. The van der Waals surface area contributed by atoms with Crippen molar-refractivity contribution < 1.29 is 46.7 Å². The summed E-state index contributed by atoms with van der Waals surface area (Å²) in [7, 11) is 0. The van der Waals surface area contributed by atoms with Crippen LogP contribution in [0.15, 0.2) is 0 Å². The summed E-state index contributed by atoms with van der Waals surface area (Å²) >= 11 is 1.68. The van der Waals surface area contributed by atoms with E-state index >= 15 is 0 Å². The molecular formula is C12H19ClN4O7S. The number of halogens is 1. The topological polar surface area (TPSA) is 146 Å². The van der Waals surface area contributed by atoms with Crippen molar-refractivity contribution in [3.8, 4) is 0 Å². The minimum Gasteiger partial charge on any atom is -1.00 e. The second-order valence-corrected chi connectivity index (χ2v) is 6.81. The van der Waals surface area contributed by atoms with E-state index in [-0.39, 0.29) is 50.0 Å². The van der Waals surface area contributed by atoms with Gasteiger partial charge in [-0.05, 0) is 0 Å². The zero-order chi connectivity index (χ0) is 17.1. The first-order valence-corrected chi connectivity index (χ1v) is 8.72. The number of nitrogens with two attached hydrogens (primary N) is 1. The highest BCUT2D eigenvalue weighted by atomic mass is 35.5. The molecule has 3 rings (SSSR count). The van der Waals surface area contributed by atoms with Gasteiger partial charge >= 0.3 is 0 Å². The van der Waals surface area contributed by atoms with E-state index in [1.54, 1.807) is 11.8 Å². The van der Waals surface area contributed by atoms with E-state index in [0.717, 1.165) is 11.6 Å². The number of hydrogen-bond donors (Lipinski definition) is 3. The van der Waals surface area contributed by atoms with E-state index in [1.165, 1.54) is 0 Å². The summed E-state index contributed by atoms with van der Waals surface area (Å²) in [4.78, 5) is 38.8. The SMILES string of the molecule is O=C(CNC(=O)[C@@H]1CSC[NH2+]1)N[C@H]1CO[C@H]2[C@@H]1OC[C@H]2O[N+](=O)[O-].[Cl-]. The third kappa shape index (κ3) is 4.85. The van der Waals surface area contributed by atoms with Gasteiger partial charge in [-0.25, -0.2) is 0 Å². The first kappa shape index (κ1) is 20.0. The summed E-state index contributed by atoms with van der Waals surface area (Å²) in [6, 6.07) is -0.575. The number of thioether (sulfide) groups is 1. The summed E-state index contributed by atoms with van der Waals surface area (Å²) in [5.74, 6) is 1.06. The number of nitrogens with one attached hydrogen (secondary N) is 2. The lowest BCUT2D eigenvalue weighted by Crippen LogP contribution is -3.00.